The van der Waals surface area contributed by atoms with Crippen LogP contribution in [0.25, 0.3) is 6.08 Å². The second-order valence-corrected chi connectivity index (χ2v) is 5.90. The lowest BCUT2D eigenvalue weighted by atomic mass is 10.1. The number of carbonyl (C=O) groups is 2. The molecule has 120 valence electrons. The minimum atomic E-state index is -1.05. The Hall–Kier alpha value is -2.31. The monoisotopic (exact) mass is 352 g/mol. The van der Waals surface area contributed by atoms with E-state index < -0.39 is 5.97 Å². The number of hydrogen-bond acceptors (Lipinski definition) is 5. The smallest absolute Gasteiger partial charge is 0.345 e. The van der Waals surface area contributed by atoms with E-state index in [2.05, 4.69) is 0 Å². The van der Waals surface area contributed by atoms with Crippen molar-refractivity contribution in [1.82, 2.24) is 0 Å². The van der Waals surface area contributed by atoms with Gasteiger partial charge in [-0.1, -0.05) is 17.7 Å². The molecule has 0 saturated carbocycles. The number of benzene rings is 1. The molecule has 1 N–H and O–H groups in total. The maximum absolute atomic E-state index is 12.1. The van der Waals surface area contributed by atoms with Crippen LogP contribution in [0.5, 0.6) is 11.5 Å². The van der Waals surface area contributed by atoms with E-state index in [0.717, 1.165) is 11.3 Å². The summed E-state index contributed by atoms with van der Waals surface area (Å²) in [6.45, 7) is 0. The number of carboxylic acid groups (broad SMARTS) is 1. The van der Waals surface area contributed by atoms with Gasteiger partial charge in [0, 0.05) is 0 Å². The number of aromatic carboxylic acids is 1. The normalized spacial score (nSPS) is 10.7. The number of carboxylic acids is 1. The van der Waals surface area contributed by atoms with Crippen molar-refractivity contribution in [1.29, 1.82) is 0 Å². The van der Waals surface area contributed by atoms with Gasteiger partial charge in [0.2, 0.25) is 0 Å². The zero-order valence-electron chi connectivity index (χ0n) is 12.3. The Balaban J connectivity index is 2.23. The minimum absolute atomic E-state index is 0.121. The molecule has 5 nitrogen and oxygen atoms in total. The van der Waals surface area contributed by atoms with Crippen molar-refractivity contribution in [2.45, 2.75) is 0 Å². The van der Waals surface area contributed by atoms with Crippen molar-refractivity contribution in [2.24, 2.45) is 0 Å². The van der Waals surface area contributed by atoms with Crippen molar-refractivity contribution in [2.75, 3.05) is 14.2 Å². The minimum Gasteiger partial charge on any atom is -0.493 e. The third kappa shape index (κ3) is 3.91. The molecule has 0 fully saturated rings. The fourth-order valence-corrected chi connectivity index (χ4v) is 2.93. The van der Waals surface area contributed by atoms with E-state index in [1.54, 1.807) is 18.2 Å². The summed E-state index contributed by atoms with van der Waals surface area (Å²) in [4.78, 5) is 23.4. The fraction of sp³-hybridized carbons (Fsp3) is 0.125. The van der Waals surface area contributed by atoms with Gasteiger partial charge in [0.15, 0.2) is 17.3 Å². The molecular formula is C16H13ClO5S. The second-order valence-electron chi connectivity index (χ2n) is 4.40. The van der Waals surface area contributed by atoms with Crippen LogP contribution in [0, 0.1) is 0 Å². The fourth-order valence-electron chi connectivity index (χ4n) is 1.87. The van der Waals surface area contributed by atoms with Crippen LogP contribution < -0.4 is 9.47 Å². The van der Waals surface area contributed by atoms with Gasteiger partial charge in [0.25, 0.3) is 0 Å². The zero-order chi connectivity index (χ0) is 17.0. The first kappa shape index (κ1) is 17.1. The van der Waals surface area contributed by atoms with E-state index in [1.807, 2.05) is 0 Å². The molecule has 0 atom stereocenters. The van der Waals surface area contributed by atoms with E-state index in [0.29, 0.717) is 27.0 Å². The quantitative estimate of drug-likeness (QED) is 0.628. The standard InChI is InChI=1S/C16H13ClO5S/c1-21-12-8-9(7-10(17)15(12)22-2)3-4-11(18)13-5-6-14(23-13)16(19)20/h3-8H,1-2H3,(H,19,20)/b4-3+. The van der Waals surface area contributed by atoms with E-state index in [4.69, 9.17) is 26.2 Å². The molecule has 0 amide bonds. The number of methoxy groups -OCH3 is 2. The Bertz CT molecular complexity index is 779. The third-order valence-electron chi connectivity index (χ3n) is 2.94. The van der Waals surface area contributed by atoms with Crippen LogP contribution in [0.1, 0.15) is 24.9 Å². The highest BCUT2D eigenvalue weighted by atomic mass is 35.5. The molecule has 7 heteroatoms. The number of allylic oxidation sites excluding steroid dienone is 1. The predicted molar refractivity (Wildman–Crippen MR) is 89.2 cm³/mol. The third-order valence-corrected chi connectivity index (χ3v) is 4.31. The lowest BCUT2D eigenvalue weighted by molar-refractivity contribution is 0.0702. The van der Waals surface area contributed by atoms with Crippen LogP contribution in [-0.2, 0) is 0 Å². The van der Waals surface area contributed by atoms with E-state index >= 15 is 0 Å². The van der Waals surface area contributed by atoms with Gasteiger partial charge in [0.05, 0.1) is 24.1 Å². The van der Waals surface area contributed by atoms with Crippen molar-refractivity contribution >= 4 is 40.8 Å². The molecule has 0 aliphatic carbocycles. The number of ketones is 1. The first-order chi connectivity index (χ1) is 11.0. The molecule has 1 heterocycles. The maximum atomic E-state index is 12.1. The van der Waals surface area contributed by atoms with Gasteiger partial charge >= 0.3 is 5.97 Å². The Morgan fingerprint density at radius 3 is 2.43 bits per heavy atom. The Morgan fingerprint density at radius 1 is 1.17 bits per heavy atom. The summed E-state index contributed by atoms with van der Waals surface area (Å²) < 4.78 is 10.3. The Labute approximate surface area is 141 Å². The second kappa shape index (κ2) is 7.30. The first-order valence-corrected chi connectivity index (χ1v) is 7.62. The molecule has 0 radical (unpaired) electrons. The summed E-state index contributed by atoms with van der Waals surface area (Å²) in [5.41, 5.74) is 0.663. The summed E-state index contributed by atoms with van der Waals surface area (Å²) in [6.07, 6.45) is 2.94. The van der Waals surface area contributed by atoms with Gasteiger partial charge in [-0.2, -0.15) is 0 Å². The van der Waals surface area contributed by atoms with Gasteiger partial charge in [-0.15, -0.1) is 11.3 Å². The van der Waals surface area contributed by atoms with Crippen LogP contribution in [0.2, 0.25) is 5.02 Å². The van der Waals surface area contributed by atoms with Gasteiger partial charge < -0.3 is 14.6 Å². The van der Waals surface area contributed by atoms with Crippen molar-refractivity contribution in [3.63, 3.8) is 0 Å². The number of halogens is 1. The van der Waals surface area contributed by atoms with Crippen molar-refractivity contribution < 1.29 is 24.2 Å². The number of thiophene rings is 1. The van der Waals surface area contributed by atoms with Gasteiger partial charge in [-0.3, -0.25) is 4.79 Å². The summed E-state index contributed by atoms with van der Waals surface area (Å²) in [5.74, 6) is -0.462. The van der Waals surface area contributed by atoms with Gasteiger partial charge in [-0.05, 0) is 35.9 Å². The molecular weight excluding hydrogens is 340 g/mol. The molecule has 0 aliphatic rings. The first-order valence-electron chi connectivity index (χ1n) is 6.43. The molecule has 2 rings (SSSR count). The highest BCUT2D eigenvalue weighted by molar-refractivity contribution is 7.16. The average Bonchev–Trinajstić information content (AvgIpc) is 3.02. The maximum Gasteiger partial charge on any atom is 0.345 e. The summed E-state index contributed by atoms with van der Waals surface area (Å²) >= 11 is 7.03. The number of carbonyl (C=O) groups excluding carboxylic acids is 1. The molecule has 1 aromatic heterocycles. The van der Waals surface area contributed by atoms with E-state index in [-0.39, 0.29) is 10.7 Å². The summed E-state index contributed by atoms with van der Waals surface area (Å²) in [6, 6.07) is 6.22. The zero-order valence-corrected chi connectivity index (χ0v) is 13.9. The number of ether oxygens (including phenoxy) is 2. The lowest BCUT2D eigenvalue weighted by Gasteiger charge is -2.10. The van der Waals surface area contributed by atoms with Gasteiger partial charge in [-0.25, -0.2) is 4.79 Å². The Kier molecular flexibility index (Phi) is 5.41. The van der Waals surface area contributed by atoms with Crippen molar-refractivity contribution in [3.05, 3.63) is 50.7 Å². The topological polar surface area (TPSA) is 72.8 Å². The van der Waals surface area contributed by atoms with Crippen LogP contribution in [0.4, 0.5) is 0 Å². The van der Waals surface area contributed by atoms with E-state index in [9.17, 15) is 9.59 Å². The largest absolute Gasteiger partial charge is 0.493 e. The van der Waals surface area contributed by atoms with Crippen LogP contribution in [0.3, 0.4) is 0 Å². The summed E-state index contributed by atoms with van der Waals surface area (Å²) in [5, 5.41) is 9.23. The van der Waals surface area contributed by atoms with Crippen LogP contribution in [-0.4, -0.2) is 31.1 Å². The van der Waals surface area contributed by atoms with E-state index in [1.165, 1.54) is 32.4 Å². The predicted octanol–water partition coefficient (Wildman–Crippen LogP) is 4.01. The average molecular weight is 353 g/mol. The lowest BCUT2D eigenvalue weighted by Crippen LogP contribution is -1.93. The molecule has 2 aromatic rings. The van der Waals surface area contributed by atoms with Crippen molar-refractivity contribution in [3.8, 4) is 11.5 Å². The number of rotatable bonds is 6. The SMILES string of the molecule is COc1cc(/C=C/C(=O)c2ccc(C(=O)O)s2)cc(Cl)c1OC. The van der Waals surface area contributed by atoms with Crippen LogP contribution in [0.15, 0.2) is 30.3 Å². The highest BCUT2D eigenvalue weighted by Gasteiger charge is 2.12. The number of hydrogen-bond donors (Lipinski definition) is 1. The molecule has 1 aromatic carbocycles. The molecule has 0 spiro atoms. The molecule has 0 unspecified atom stereocenters. The highest BCUT2D eigenvalue weighted by Crippen LogP contribution is 2.36. The molecule has 0 aliphatic heterocycles. The Morgan fingerprint density at radius 2 is 1.87 bits per heavy atom. The molecule has 23 heavy (non-hydrogen) atoms. The molecule has 0 bridgehead atoms. The summed E-state index contributed by atoms with van der Waals surface area (Å²) in [7, 11) is 2.98. The van der Waals surface area contributed by atoms with Crippen LogP contribution >= 0.6 is 22.9 Å². The van der Waals surface area contributed by atoms with Gasteiger partial charge in [0.1, 0.15) is 4.88 Å². The molecule has 0 saturated heterocycles.